The van der Waals surface area contributed by atoms with Crippen molar-refractivity contribution in [2.75, 3.05) is 19.7 Å². The maximum absolute atomic E-state index is 13.0. The fourth-order valence-electron chi connectivity index (χ4n) is 4.13. The zero-order valence-electron chi connectivity index (χ0n) is 15.9. The summed E-state index contributed by atoms with van der Waals surface area (Å²) in [7, 11) is 0. The number of hydrogen-bond acceptors (Lipinski definition) is 5. The maximum atomic E-state index is 13.0. The normalized spacial score (nSPS) is 20.1. The van der Waals surface area contributed by atoms with Gasteiger partial charge >= 0.3 is 0 Å². The Balaban J connectivity index is 1.44. The second-order valence-corrected chi connectivity index (χ2v) is 8.46. The van der Waals surface area contributed by atoms with Crippen LogP contribution in [0.4, 0.5) is 0 Å². The lowest BCUT2D eigenvalue weighted by Crippen LogP contribution is -2.38. The number of aryl methyl sites for hydroxylation is 1. The largest absolute Gasteiger partial charge is 0.394 e. The Hall–Kier alpha value is -1.76. The summed E-state index contributed by atoms with van der Waals surface area (Å²) in [5.74, 6) is 0.106. The Morgan fingerprint density at radius 2 is 2.26 bits per heavy atom. The second-order valence-electron chi connectivity index (χ2n) is 7.50. The van der Waals surface area contributed by atoms with Crippen LogP contribution in [0.2, 0.25) is 0 Å². The Bertz CT molecular complexity index is 802. The van der Waals surface area contributed by atoms with Gasteiger partial charge in [0.2, 0.25) is 0 Å². The van der Waals surface area contributed by atoms with Crippen molar-refractivity contribution in [2.45, 2.75) is 51.7 Å². The number of likely N-dealkylation sites (tertiary alicyclic amines) is 1. The average molecular weight is 386 g/mol. The predicted molar refractivity (Wildman–Crippen MR) is 107 cm³/mol. The minimum atomic E-state index is -0.00898. The first-order valence-corrected chi connectivity index (χ1v) is 10.7. The molecule has 0 saturated carbocycles. The van der Waals surface area contributed by atoms with E-state index in [4.69, 9.17) is 0 Å². The first-order chi connectivity index (χ1) is 13.2. The van der Waals surface area contributed by atoms with Crippen LogP contribution < -0.4 is 0 Å². The third-order valence-electron chi connectivity index (χ3n) is 5.78. The number of fused-ring (bicyclic) bond motifs is 1. The molecule has 0 bridgehead atoms. The van der Waals surface area contributed by atoms with Gasteiger partial charge in [-0.05, 0) is 42.9 Å². The van der Waals surface area contributed by atoms with Crippen LogP contribution in [0.25, 0.3) is 0 Å². The molecule has 2 aliphatic rings. The SMILES string of the molecule is CCc1ccc(CN2CCc3c(C(=O)N4CCC[C@H]4CO)csc3C2)nc1. The zero-order chi connectivity index (χ0) is 18.8. The molecule has 27 heavy (non-hydrogen) atoms. The smallest absolute Gasteiger partial charge is 0.255 e. The van der Waals surface area contributed by atoms with E-state index in [1.807, 2.05) is 16.5 Å². The van der Waals surface area contributed by atoms with Crippen molar-refractivity contribution < 1.29 is 9.90 Å². The van der Waals surface area contributed by atoms with Crippen molar-refractivity contribution in [3.63, 3.8) is 0 Å². The van der Waals surface area contributed by atoms with Crippen molar-refractivity contribution in [1.29, 1.82) is 0 Å². The molecule has 1 fully saturated rings. The zero-order valence-corrected chi connectivity index (χ0v) is 16.7. The lowest BCUT2D eigenvalue weighted by Gasteiger charge is -2.28. The number of aliphatic hydroxyl groups is 1. The molecule has 0 radical (unpaired) electrons. The fraction of sp³-hybridized carbons (Fsp3) is 0.524. The summed E-state index contributed by atoms with van der Waals surface area (Å²) in [6.45, 7) is 5.65. The summed E-state index contributed by atoms with van der Waals surface area (Å²) in [6.07, 6.45) is 5.79. The number of rotatable bonds is 5. The topological polar surface area (TPSA) is 56.7 Å². The van der Waals surface area contributed by atoms with Crippen LogP contribution in [0.1, 0.15) is 51.8 Å². The number of nitrogens with zero attached hydrogens (tertiary/aromatic N) is 3. The highest BCUT2D eigenvalue weighted by atomic mass is 32.1. The van der Waals surface area contributed by atoms with Gasteiger partial charge in [-0.3, -0.25) is 14.7 Å². The first-order valence-electron chi connectivity index (χ1n) is 9.86. The number of hydrogen-bond donors (Lipinski definition) is 1. The highest BCUT2D eigenvalue weighted by molar-refractivity contribution is 7.10. The molecule has 0 aromatic carbocycles. The molecular weight excluding hydrogens is 358 g/mol. The van der Waals surface area contributed by atoms with Gasteiger partial charge < -0.3 is 10.0 Å². The van der Waals surface area contributed by atoms with Crippen LogP contribution >= 0.6 is 11.3 Å². The first kappa shape index (κ1) is 18.6. The van der Waals surface area contributed by atoms with Gasteiger partial charge in [0, 0.05) is 42.6 Å². The molecule has 1 atom stereocenters. The van der Waals surface area contributed by atoms with E-state index < -0.39 is 0 Å². The van der Waals surface area contributed by atoms with Crippen LogP contribution in [-0.2, 0) is 25.9 Å². The van der Waals surface area contributed by atoms with E-state index in [0.29, 0.717) is 0 Å². The van der Waals surface area contributed by atoms with E-state index in [1.165, 1.54) is 16.0 Å². The van der Waals surface area contributed by atoms with Crippen molar-refractivity contribution >= 4 is 17.2 Å². The molecule has 0 spiro atoms. The number of amides is 1. The van der Waals surface area contributed by atoms with Gasteiger partial charge in [0.25, 0.3) is 5.91 Å². The number of carbonyl (C=O) groups is 1. The Morgan fingerprint density at radius 1 is 1.37 bits per heavy atom. The number of thiophene rings is 1. The molecule has 144 valence electrons. The van der Waals surface area contributed by atoms with Crippen LogP contribution in [0.3, 0.4) is 0 Å². The lowest BCUT2D eigenvalue weighted by atomic mass is 10.0. The van der Waals surface area contributed by atoms with E-state index in [1.54, 1.807) is 11.3 Å². The molecule has 6 heteroatoms. The predicted octanol–water partition coefficient (Wildman–Crippen LogP) is 2.86. The van der Waals surface area contributed by atoms with Gasteiger partial charge in [-0.15, -0.1) is 11.3 Å². The van der Waals surface area contributed by atoms with Gasteiger partial charge in [-0.1, -0.05) is 13.0 Å². The monoisotopic (exact) mass is 385 g/mol. The molecule has 1 saturated heterocycles. The van der Waals surface area contributed by atoms with Crippen LogP contribution in [-0.4, -0.2) is 51.5 Å². The molecule has 2 aromatic heterocycles. The molecule has 2 aliphatic heterocycles. The van der Waals surface area contributed by atoms with Crippen molar-refractivity contribution in [3.8, 4) is 0 Å². The summed E-state index contributed by atoms with van der Waals surface area (Å²) >= 11 is 1.70. The number of aromatic nitrogens is 1. The highest BCUT2D eigenvalue weighted by Gasteiger charge is 2.32. The molecule has 4 heterocycles. The minimum Gasteiger partial charge on any atom is -0.394 e. The molecule has 1 amide bonds. The van der Waals surface area contributed by atoms with Crippen LogP contribution in [0, 0.1) is 0 Å². The lowest BCUT2D eigenvalue weighted by molar-refractivity contribution is 0.0676. The summed E-state index contributed by atoms with van der Waals surface area (Å²) < 4.78 is 0. The van der Waals surface area contributed by atoms with Crippen LogP contribution in [0.15, 0.2) is 23.7 Å². The van der Waals surface area contributed by atoms with Crippen LogP contribution in [0.5, 0.6) is 0 Å². The Labute approximate surface area is 164 Å². The molecule has 5 nitrogen and oxygen atoms in total. The molecule has 0 aliphatic carbocycles. The van der Waals surface area contributed by atoms with Gasteiger partial charge in [-0.2, -0.15) is 0 Å². The summed E-state index contributed by atoms with van der Waals surface area (Å²) in [4.78, 5) is 23.1. The quantitative estimate of drug-likeness (QED) is 0.860. The van der Waals surface area contributed by atoms with Crippen molar-refractivity contribution in [3.05, 3.63) is 51.0 Å². The molecule has 2 aromatic rings. The minimum absolute atomic E-state index is 0.00898. The molecule has 1 N–H and O–H groups in total. The van der Waals surface area contributed by atoms with E-state index in [9.17, 15) is 9.90 Å². The standard InChI is InChI=1S/C21H27N3O2S/c1-2-15-5-6-16(22-10-15)11-23-9-7-18-19(14-27-20(18)12-23)21(26)24-8-3-4-17(24)13-25/h5-6,10,14,17,25H,2-4,7-9,11-13H2,1H3/t17-/m0/s1. The van der Waals surface area contributed by atoms with E-state index in [2.05, 4.69) is 28.9 Å². The van der Waals surface area contributed by atoms with E-state index in [-0.39, 0.29) is 18.6 Å². The number of carbonyl (C=O) groups excluding carboxylic acids is 1. The van der Waals surface area contributed by atoms with Crippen molar-refractivity contribution in [1.82, 2.24) is 14.8 Å². The van der Waals surface area contributed by atoms with Gasteiger partial charge in [0.15, 0.2) is 0 Å². The molecule has 0 unspecified atom stereocenters. The third-order valence-corrected chi connectivity index (χ3v) is 6.80. The maximum Gasteiger partial charge on any atom is 0.255 e. The molecule has 4 rings (SSSR count). The van der Waals surface area contributed by atoms with Gasteiger partial charge in [0.1, 0.15) is 0 Å². The van der Waals surface area contributed by atoms with Gasteiger partial charge in [0.05, 0.1) is 23.9 Å². The summed E-state index contributed by atoms with van der Waals surface area (Å²) in [5.41, 5.74) is 4.45. The highest BCUT2D eigenvalue weighted by Crippen LogP contribution is 2.31. The third kappa shape index (κ3) is 3.79. The fourth-order valence-corrected chi connectivity index (χ4v) is 5.24. The molecular formula is C21H27N3O2S. The van der Waals surface area contributed by atoms with E-state index >= 15 is 0 Å². The van der Waals surface area contributed by atoms with E-state index in [0.717, 1.165) is 63.1 Å². The Morgan fingerprint density at radius 3 is 3.00 bits per heavy atom. The van der Waals surface area contributed by atoms with Crippen molar-refractivity contribution in [2.24, 2.45) is 0 Å². The second kappa shape index (κ2) is 8.09. The summed E-state index contributed by atoms with van der Waals surface area (Å²) in [5, 5.41) is 11.6. The van der Waals surface area contributed by atoms with Gasteiger partial charge in [-0.25, -0.2) is 0 Å². The Kier molecular flexibility index (Phi) is 5.57. The average Bonchev–Trinajstić information content (AvgIpc) is 3.34. The number of pyridine rings is 1. The summed E-state index contributed by atoms with van der Waals surface area (Å²) in [6, 6.07) is 4.28. The number of aliphatic hydroxyl groups excluding tert-OH is 1.